The predicted octanol–water partition coefficient (Wildman–Crippen LogP) is 2.39. The number of hydrogen-bond donors (Lipinski definition) is 2. The minimum atomic E-state index is 0.757. The van der Waals surface area contributed by atoms with Gasteiger partial charge in [-0.2, -0.15) is 0 Å². The Morgan fingerprint density at radius 3 is 2.81 bits per heavy atom. The van der Waals surface area contributed by atoms with Crippen molar-refractivity contribution in [2.75, 3.05) is 18.4 Å². The van der Waals surface area contributed by atoms with Crippen LogP contribution in [0.15, 0.2) is 36.4 Å². The third-order valence-corrected chi connectivity index (χ3v) is 2.54. The molecule has 3 heteroatoms. The van der Waals surface area contributed by atoms with Crippen LogP contribution in [-0.2, 0) is 0 Å². The number of anilines is 1. The molecule has 2 aromatic rings. The third-order valence-electron chi connectivity index (χ3n) is 2.54. The maximum atomic E-state index is 5.44. The maximum Gasteiger partial charge on any atom is 0.126 e. The lowest BCUT2D eigenvalue weighted by Gasteiger charge is -2.05. The van der Waals surface area contributed by atoms with Gasteiger partial charge in [-0.25, -0.2) is 4.98 Å². The number of pyridine rings is 1. The molecule has 0 saturated heterocycles. The summed E-state index contributed by atoms with van der Waals surface area (Å²) in [7, 11) is 0. The van der Waals surface area contributed by atoms with Crippen LogP contribution in [0.2, 0.25) is 0 Å². The van der Waals surface area contributed by atoms with E-state index in [0.29, 0.717) is 0 Å². The SMILES string of the molecule is NCCCCNc1ccc2ccccc2n1. The Bertz CT molecular complexity index is 454. The number of nitrogens with zero attached hydrogens (tertiary/aromatic N) is 1. The smallest absolute Gasteiger partial charge is 0.126 e. The summed E-state index contributed by atoms with van der Waals surface area (Å²) in [5.41, 5.74) is 6.47. The van der Waals surface area contributed by atoms with Gasteiger partial charge in [0.15, 0.2) is 0 Å². The highest BCUT2D eigenvalue weighted by atomic mass is 15.0. The molecule has 3 nitrogen and oxygen atoms in total. The zero-order valence-corrected chi connectivity index (χ0v) is 9.32. The lowest BCUT2D eigenvalue weighted by atomic mass is 10.2. The van der Waals surface area contributed by atoms with E-state index in [9.17, 15) is 0 Å². The lowest BCUT2D eigenvalue weighted by Crippen LogP contribution is -2.06. The molecule has 0 aliphatic carbocycles. The first-order valence-electron chi connectivity index (χ1n) is 5.70. The van der Waals surface area contributed by atoms with E-state index in [1.165, 1.54) is 5.39 Å². The van der Waals surface area contributed by atoms with Crippen LogP contribution in [0.1, 0.15) is 12.8 Å². The summed E-state index contributed by atoms with van der Waals surface area (Å²) in [6, 6.07) is 12.2. The first-order chi connectivity index (χ1) is 7.90. The number of fused-ring (bicyclic) bond motifs is 1. The average molecular weight is 215 g/mol. The van der Waals surface area contributed by atoms with Gasteiger partial charge in [0.05, 0.1) is 5.52 Å². The van der Waals surface area contributed by atoms with Crippen molar-refractivity contribution in [1.29, 1.82) is 0 Å². The largest absolute Gasteiger partial charge is 0.370 e. The molecule has 0 spiro atoms. The predicted molar refractivity (Wildman–Crippen MR) is 68.5 cm³/mol. The van der Waals surface area contributed by atoms with Gasteiger partial charge < -0.3 is 11.1 Å². The quantitative estimate of drug-likeness (QED) is 0.753. The Balaban J connectivity index is 2.02. The van der Waals surface area contributed by atoms with Crippen LogP contribution in [0.4, 0.5) is 5.82 Å². The summed E-state index contributed by atoms with van der Waals surface area (Å²) < 4.78 is 0. The van der Waals surface area contributed by atoms with Gasteiger partial charge in [0.2, 0.25) is 0 Å². The van der Waals surface area contributed by atoms with Crippen molar-refractivity contribution in [2.45, 2.75) is 12.8 Å². The van der Waals surface area contributed by atoms with Crippen LogP contribution in [0.3, 0.4) is 0 Å². The van der Waals surface area contributed by atoms with Gasteiger partial charge in [0, 0.05) is 11.9 Å². The Hall–Kier alpha value is -1.61. The Labute approximate surface area is 95.7 Å². The molecule has 3 N–H and O–H groups in total. The molecule has 16 heavy (non-hydrogen) atoms. The fourth-order valence-corrected chi connectivity index (χ4v) is 1.65. The molecule has 0 unspecified atom stereocenters. The van der Waals surface area contributed by atoms with Gasteiger partial charge in [0.1, 0.15) is 5.82 Å². The van der Waals surface area contributed by atoms with Gasteiger partial charge in [-0.05, 0) is 37.6 Å². The summed E-state index contributed by atoms with van der Waals surface area (Å²) in [4.78, 5) is 4.53. The van der Waals surface area contributed by atoms with Gasteiger partial charge >= 0.3 is 0 Å². The van der Waals surface area contributed by atoms with E-state index < -0.39 is 0 Å². The standard InChI is InChI=1S/C13H17N3/c14-9-3-4-10-15-13-8-7-11-5-1-2-6-12(11)16-13/h1-2,5-8H,3-4,9-10,14H2,(H,15,16). The monoisotopic (exact) mass is 215 g/mol. The molecule has 2 rings (SSSR count). The fraction of sp³-hybridized carbons (Fsp3) is 0.308. The van der Waals surface area contributed by atoms with Crippen LogP contribution >= 0.6 is 0 Å². The summed E-state index contributed by atoms with van der Waals surface area (Å²) in [5, 5.41) is 4.48. The van der Waals surface area contributed by atoms with Crippen molar-refractivity contribution in [3.05, 3.63) is 36.4 Å². The van der Waals surface area contributed by atoms with Crippen LogP contribution in [0.5, 0.6) is 0 Å². The Morgan fingerprint density at radius 2 is 1.94 bits per heavy atom. The first-order valence-corrected chi connectivity index (χ1v) is 5.70. The van der Waals surface area contributed by atoms with Crippen LogP contribution in [-0.4, -0.2) is 18.1 Å². The third kappa shape index (κ3) is 2.70. The van der Waals surface area contributed by atoms with Gasteiger partial charge in [-0.15, -0.1) is 0 Å². The second kappa shape index (κ2) is 5.47. The second-order valence-corrected chi connectivity index (χ2v) is 3.81. The maximum absolute atomic E-state index is 5.44. The molecular weight excluding hydrogens is 198 g/mol. The highest BCUT2D eigenvalue weighted by Gasteiger charge is 1.96. The molecule has 0 fully saturated rings. The number of unbranched alkanes of at least 4 members (excludes halogenated alkanes) is 1. The summed E-state index contributed by atoms with van der Waals surface area (Å²) in [6.45, 7) is 1.69. The number of nitrogens with one attached hydrogen (secondary N) is 1. The second-order valence-electron chi connectivity index (χ2n) is 3.81. The molecule has 0 radical (unpaired) electrons. The van der Waals surface area contributed by atoms with E-state index in [4.69, 9.17) is 5.73 Å². The number of rotatable bonds is 5. The van der Waals surface area contributed by atoms with E-state index in [-0.39, 0.29) is 0 Å². The minimum Gasteiger partial charge on any atom is -0.370 e. The molecule has 1 heterocycles. The van der Waals surface area contributed by atoms with Crippen LogP contribution in [0.25, 0.3) is 10.9 Å². The molecule has 84 valence electrons. The molecule has 0 atom stereocenters. The zero-order valence-electron chi connectivity index (χ0n) is 9.32. The van der Waals surface area contributed by atoms with E-state index in [1.807, 2.05) is 24.3 Å². The van der Waals surface area contributed by atoms with Crippen molar-refractivity contribution in [1.82, 2.24) is 4.98 Å². The van der Waals surface area contributed by atoms with E-state index in [1.54, 1.807) is 0 Å². The lowest BCUT2D eigenvalue weighted by molar-refractivity contribution is 0.772. The molecule has 1 aromatic heterocycles. The fourth-order valence-electron chi connectivity index (χ4n) is 1.65. The van der Waals surface area contributed by atoms with E-state index in [0.717, 1.165) is 37.3 Å². The van der Waals surface area contributed by atoms with Crippen LogP contribution in [0, 0.1) is 0 Å². The molecule has 0 aliphatic heterocycles. The number of para-hydroxylation sites is 1. The number of aromatic nitrogens is 1. The molecule has 0 amide bonds. The highest BCUT2D eigenvalue weighted by Crippen LogP contribution is 2.14. The summed E-state index contributed by atoms with van der Waals surface area (Å²) >= 11 is 0. The van der Waals surface area contributed by atoms with Crippen LogP contribution < -0.4 is 11.1 Å². The van der Waals surface area contributed by atoms with Gasteiger partial charge in [-0.3, -0.25) is 0 Å². The number of benzene rings is 1. The van der Waals surface area contributed by atoms with E-state index in [2.05, 4.69) is 22.4 Å². The van der Waals surface area contributed by atoms with Crippen molar-refractivity contribution in [2.24, 2.45) is 5.73 Å². The first kappa shape index (κ1) is 10.9. The molecule has 0 aliphatic rings. The van der Waals surface area contributed by atoms with Gasteiger partial charge in [-0.1, -0.05) is 18.2 Å². The normalized spacial score (nSPS) is 10.6. The average Bonchev–Trinajstić information content (AvgIpc) is 2.34. The Morgan fingerprint density at radius 1 is 1.06 bits per heavy atom. The number of hydrogen-bond acceptors (Lipinski definition) is 3. The molecule has 0 saturated carbocycles. The van der Waals surface area contributed by atoms with E-state index >= 15 is 0 Å². The molecule has 0 bridgehead atoms. The topological polar surface area (TPSA) is 50.9 Å². The van der Waals surface area contributed by atoms with Crippen molar-refractivity contribution < 1.29 is 0 Å². The number of nitrogens with two attached hydrogens (primary N) is 1. The van der Waals surface area contributed by atoms with Crippen molar-refractivity contribution in [3.63, 3.8) is 0 Å². The zero-order chi connectivity index (χ0) is 11.2. The van der Waals surface area contributed by atoms with Crippen molar-refractivity contribution >= 4 is 16.7 Å². The minimum absolute atomic E-state index is 0.757. The summed E-state index contributed by atoms with van der Waals surface area (Å²) in [5.74, 6) is 0.940. The van der Waals surface area contributed by atoms with Crippen molar-refractivity contribution in [3.8, 4) is 0 Å². The van der Waals surface area contributed by atoms with Gasteiger partial charge in [0.25, 0.3) is 0 Å². The molecule has 1 aromatic carbocycles. The highest BCUT2D eigenvalue weighted by molar-refractivity contribution is 5.79. The summed E-state index contributed by atoms with van der Waals surface area (Å²) in [6.07, 6.45) is 2.14. The molecular formula is C13H17N3. The Kier molecular flexibility index (Phi) is 3.72.